The molecule has 4 N–H and O–H groups in total. The zero-order chi connectivity index (χ0) is 25.8. The van der Waals surface area contributed by atoms with Crippen LogP contribution >= 0.6 is 0 Å². The number of hydrogen-bond acceptors (Lipinski definition) is 7. The Morgan fingerprint density at radius 1 is 1.14 bits per heavy atom. The van der Waals surface area contributed by atoms with Crippen molar-refractivity contribution in [1.82, 2.24) is 10.3 Å². The van der Waals surface area contributed by atoms with Crippen LogP contribution in [0, 0.1) is 0 Å². The van der Waals surface area contributed by atoms with E-state index in [4.69, 9.17) is 10.5 Å². The molecule has 0 radical (unpaired) electrons. The van der Waals surface area contributed by atoms with E-state index in [-0.39, 0.29) is 23.8 Å². The van der Waals surface area contributed by atoms with Gasteiger partial charge in [0.25, 0.3) is 11.8 Å². The van der Waals surface area contributed by atoms with Crippen LogP contribution in [0.4, 0.5) is 11.5 Å². The van der Waals surface area contributed by atoms with Gasteiger partial charge in [-0.25, -0.2) is 4.98 Å². The number of carbonyl (C=O) groups excluding carboxylic acids is 3. The van der Waals surface area contributed by atoms with E-state index in [1.54, 1.807) is 31.5 Å². The molecule has 9 nitrogen and oxygen atoms in total. The number of Topliss-reactive ketones (excluding diaryl/α,β-unsaturated/α-hetero) is 1. The third-order valence-corrected chi connectivity index (χ3v) is 7.25. The van der Waals surface area contributed by atoms with Crippen molar-refractivity contribution < 1.29 is 19.1 Å². The van der Waals surface area contributed by atoms with E-state index in [0.717, 1.165) is 37.9 Å². The molecule has 2 amide bonds. The number of primary amides is 1. The molecule has 0 aliphatic carbocycles. The standard InChI is InChI=1S/C27H35N5O4/c1-4-19(15-36-3)30-24-11-17(5-9-23(24)26(28)34)27(35)31-20-12-21-7-8-22(13-20)32(21)25-10-6-18(14-29-25)16(2)33/h5-6,9-11,14,19-22,30H,4,7-8,12-13,15H2,1-3H3,(H2,28,34)(H,31,35)/t19?,20?,21-,22+. The second kappa shape index (κ2) is 11.1. The van der Waals surface area contributed by atoms with Gasteiger partial charge < -0.3 is 26.0 Å². The van der Waals surface area contributed by atoms with E-state index in [0.29, 0.717) is 41.1 Å². The molecule has 0 saturated carbocycles. The number of nitrogens with two attached hydrogens (primary N) is 1. The molecular formula is C27H35N5O4. The van der Waals surface area contributed by atoms with Crippen molar-refractivity contribution in [3.05, 3.63) is 53.2 Å². The van der Waals surface area contributed by atoms with Crippen LogP contribution in [0.5, 0.6) is 0 Å². The number of nitrogens with zero attached hydrogens (tertiary/aromatic N) is 2. The molecule has 2 aliphatic heterocycles. The average molecular weight is 494 g/mol. The summed E-state index contributed by atoms with van der Waals surface area (Å²) in [6, 6.07) is 9.30. The van der Waals surface area contributed by atoms with Gasteiger partial charge in [0.1, 0.15) is 5.82 Å². The maximum atomic E-state index is 13.2. The predicted molar refractivity (Wildman–Crippen MR) is 139 cm³/mol. The van der Waals surface area contributed by atoms with Crippen molar-refractivity contribution in [2.75, 3.05) is 23.9 Å². The predicted octanol–water partition coefficient (Wildman–Crippen LogP) is 3.15. The summed E-state index contributed by atoms with van der Waals surface area (Å²) in [7, 11) is 1.62. The molecule has 192 valence electrons. The molecule has 0 spiro atoms. The maximum absolute atomic E-state index is 13.2. The highest BCUT2D eigenvalue weighted by atomic mass is 16.5. The number of rotatable bonds is 10. The van der Waals surface area contributed by atoms with E-state index in [2.05, 4.69) is 20.5 Å². The Kier molecular flexibility index (Phi) is 7.88. The third kappa shape index (κ3) is 5.51. The van der Waals surface area contributed by atoms with E-state index in [1.165, 1.54) is 6.92 Å². The number of carbonyl (C=O) groups is 3. The van der Waals surface area contributed by atoms with Crippen LogP contribution in [0.3, 0.4) is 0 Å². The molecule has 4 rings (SSSR count). The largest absolute Gasteiger partial charge is 0.383 e. The number of fused-ring (bicyclic) bond motifs is 2. The lowest BCUT2D eigenvalue weighted by Gasteiger charge is -2.40. The zero-order valence-electron chi connectivity index (χ0n) is 21.1. The average Bonchev–Trinajstić information content (AvgIpc) is 3.13. The highest BCUT2D eigenvalue weighted by Crippen LogP contribution is 2.38. The fraction of sp³-hybridized carbons (Fsp3) is 0.481. The lowest BCUT2D eigenvalue weighted by atomic mass is 9.96. The molecule has 3 heterocycles. The van der Waals surface area contributed by atoms with Crippen LogP contribution in [0.25, 0.3) is 0 Å². The monoisotopic (exact) mass is 493 g/mol. The second-order valence-electron chi connectivity index (χ2n) is 9.72. The van der Waals surface area contributed by atoms with Crippen molar-refractivity contribution in [1.29, 1.82) is 0 Å². The summed E-state index contributed by atoms with van der Waals surface area (Å²) >= 11 is 0. The fourth-order valence-electron chi connectivity index (χ4n) is 5.39. The van der Waals surface area contributed by atoms with Gasteiger partial charge >= 0.3 is 0 Å². The summed E-state index contributed by atoms with van der Waals surface area (Å²) < 4.78 is 5.25. The van der Waals surface area contributed by atoms with E-state index in [9.17, 15) is 14.4 Å². The van der Waals surface area contributed by atoms with Gasteiger partial charge in [-0.3, -0.25) is 14.4 Å². The Hall–Kier alpha value is -3.46. The smallest absolute Gasteiger partial charge is 0.251 e. The number of anilines is 2. The van der Waals surface area contributed by atoms with E-state index >= 15 is 0 Å². The van der Waals surface area contributed by atoms with Gasteiger partial charge in [-0.15, -0.1) is 0 Å². The summed E-state index contributed by atoms with van der Waals surface area (Å²) in [5.74, 6) is 0.169. The molecule has 2 aliphatic rings. The second-order valence-corrected chi connectivity index (χ2v) is 9.72. The number of aromatic nitrogens is 1. The SMILES string of the molecule is CCC(COC)Nc1cc(C(=O)NC2C[C@H]3CC[C@@H](C2)N3c2ccc(C(C)=O)cn2)ccc1C(N)=O. The minimum Gasteiger partial charge on any atom is -0.383 e. The van der Waals surface area contributed by atoms with Gasteiger partial charge in [0.2, 0.25) is 0 Å². The summed E-state index contributed by atoms with van der Waals surface area (Å²) in [5.41, 5.74) is 7.53. The Balaban J connectivity index is 1.44. The Labute approximate surface area is 211 Å². The molecule has 2 unspecified atom stereocenters. The topological polar surface area (TPSA) is 127 Å². The van der Waals surface area contributed by atoms with Crippen LogP contribution in [-0.4, -0.2) is 60.5 Å². The normalized spacial score (nSPS) is 21.6. The molecule has 36 heavy (non-hydrogen) atoms. The number of methoxy groups -OCH3 is 1. The van der Waals surface area contributed by atoms with E-state index in [1.807, 2.05) is 19.1 Å². The number of ketones is 1. The van der Waals surface area contributed by atoms with Gasteiger partial charge in [0.15, 0.2) is 5.78 Å². The van der Waals surface area contributed by atoms with Crippen molar-refractivity contribution in [2.24, 2.45) is 5.73 Å². The zero-order valence-corrected chi connectivity index (χ0v) is 21.1. The maximum Gasteiger partial charge on any atom is 0.251 e. The first-order valence-electron chi connectivity index (χ1n) is 12.6. The third-order valence-electron chi connectivity index (χ3n) is 7.25. The van der Waals surface area contributed by atoms with Crippen LogP contribution in [0.15, 0.2) is 36.5 Å². The van der Waals surface area contributed by atoms with E-state index < -0.39 is 5.91 Å². The lowest BCUT2D eigenvalue weighted by molar-refractivity contribution is 0.0924. The van der Waals surface area contributed by atoms with Gasteiger partial charge in [0, 0.05) is 54.3 Å². The summed E-state index contributed by atoms with van der Waals surface area (Å²) in [5, 5.41) is 6.50. The van der Waals surface area contributed by atoms with Gasteiger partial charge in [-0.1, -0.05) is 6.92 Å². The number of hydrogen-bond donors (Lipinski definition) is 3. The molecule has 9 heteroatoms. The Morgan fingerprint density at radius 3 is 2.39 bits per heavy atom. The highest BCUT2D eigenvalue weighted by Gasteiger charge is 2.41. The first-order valence-corrected chi connectivity index (χ1v) is 12.6. The van der Waals surface area contributed by atoms with Crippen LogP contribution < -0.4 is 21.3 Å². The van der Waals surface area contributed by atoms with Crippen LogP contribution in [0.2, 0.25) is 0 Å². The molecular weight excluding hydrogens is 458 g/mol. The Bertz CT molecular complexity index is 1110. The quantitative estimate of drug-likeness (QED) is 0.434. The summed E-state index contributed by atoms with van der Waals surface area (Å²) in [4.78, 5) is 43.6. The minimum absolute atomic E-state index is 0.00423. The minimum atomic E-state index is -0.550. The van der Waals surface area contributed by atoms with Gasteiger partial charge in [-0.2, -0.15) is 0 Å². The Morgan fingerprint density at radius 2 is 1.83 bits per heavy atom. The van der Waals surface area contributed by atoms with Crippen molar-refractivity contribution in [2.45, 2.75) is 70.1 Å². The number of benzene rings is 1. The molecule has 4 atom stereocenters. The number of nitrogens with one attached hydrogen (secondary N) is 2. The van der Waals surface area contributed by atoms with Crippen LogP contribution in [0.1, 0.15) is 77.0 Å². The summed E-state index contributed by atoms with van der Waals surface area (Å²) in [6.07, 6.45) is 6.18. The first-order chi connectivity index (χ1) is 17.3. The number of pyridine rings is 1. The molecule has 2 saturated heterocycles. The van der Waals surface area contributed by atoms with Crippen LogP contribution in [-0.2, 0) is 4.74 Å². The van der Waals surface area contributed by atoms with Crippen molar-refractivity contribution >= 4 is 29.1 Å². The number of amides is 2. The van der Waals surface area contributed by atoms with Crippen molar-refractivity contribution in [3.8, 4) is 0 Å². The number of ether oxygens (including phenoxy) is 1. The van der Waals surface area contributed by atoms with Gasteiger partial charge in [0.05, 0.1) is 12.2 Å². The molecule has 1 aromatic heterocycles. The first kappa shape index (κ1) is 25.6. The molecule has 2 bridgehead atoms. The lowest BCUT2D eigenvalue weighted by Crippen LogP contribution is -2.50. The molecule has 1 aromatic carbocycles. The molecule has 2 fully saturated rings. The van der Waals surface area contributed by atoms with Gasteiger partial charge in [-0.05, 0) is 69.4 Å². The van der Waals surface area contributed by atoms with Crippen molar-refractivity contribution in [3.63, 3.8) is 0 Å². The fourth-order valence-corrected chi connectivity index (χ4v) is 5.39. The molecule has 2 aromatic rings. The highest BCUT2D eigenvalue weighted by molar-refractivity contribution is 6.02. The number of piperidine rings is 1. The summed E-state index contributed by atoms with van der Waals surface area (Å²) in [6.45, 7) is 4.03.